The lowest BCUT2D eigenvalue weighted by atomic mass is 10.2. The lowest BCUT2D eigenvalue weighted by Crippen LogP contribution is -2.10. The third-order valence-electron chi connectivity index (χ3n) is 2.97. The minimum atomic E-state index is -0.441. The summed E-state index contributed by atoms with van der Waals surface area (Å²) in [6, 6.07) is 1.74. The second kappa shape index (κ2) is 6.29. The van der Waals surface area contributed by atoms with Crippen molar-refractivity contribution < 1.29 is 4.92 Å². The van der Waals surface area contributed by atoms with Gasteiger partial charge in [-0.25, -0.2) is 9.97 Å². The fourth-order valence-corrected chi connectivity index (χ4v) is 2.13. The molecule has 0 bridgehead atoms. The molecule has 2 aromatic heterocycles. The minimum absolute atomic E-state index is 0.0745. The molecule has 8 heteroatoms. The van der Waals surface area contributed by atoms with Crippen LogP contribution in [0.4, 0.5) is 11.6 Å². The molecule has 0 fully saturated rings. The molecule has 8 nitrogen and oxygen atoms in total. The van der Waals surface area contributed by atoms with Crippen LogP contribution in [-0.4, -0.2) is 31.2 Å². The minimum Gasteiger partial charge on any atom is -0.354 e. The van der Waals surface area contributed by atoms with Crippen molar-refractivity contribution in [3.8, 4) is 11.4 Å². The molecule has 0 atom stereocenters. The van der Waals surface area contributed by atoms with Gasteiger partial charge in [0.2, 0.25) is 5.95 Å². The number of nitrogens with one attached hydrogen (secondary N) is 1. The first-order valence-corrected chi connectivity index (χ1v) is 6.87. The van der Waals surface area contributed by atoms with E-state index < -0.39 is 4.92 Å². The van der Waals surface area contributed by atoms with Crippen molar-refractivity contribution in [2.75, 3.05) is 11.9 Å². The van der Waals surface area contributed by atoms with Crippen LogP contribution in [0, 0.1) is 17.0 Å². The quantitative estimate of drug-likeness (QED) is 0.648. The molecule has 0 spiro atoms. The Morgan fingerprint density at radius 3 is 2.76 bits per heavy atom. The van der Waals surface area contributed by atoms with Crippen molar-refractivity contribution >= 4 is 11.6 Å². The first-order valence-electron chi connectivity index (χ1n) is 6.87. The molecule has 0 saturated heterocycles. The second-order valence-corrected chi connectivity index (χ2v) is 4.56. The fraction of sp³-hybridized carbons (Fsp3) is 0.462. The van der Waals surface area contributed by atoms with Gasteiger partial charge >= 0.3 is 5.69 Å². The molecule has 1 N–H and O–H groups in total. The molecule has 2 rings (SSSR count). The van der Waals surface area contributed by atoms with Gasteiger partial charge in [0.05, 0.1) is 10.6 Å². The molecule has 0 aromatic carbocycles. The van der Waals surface area contributed by atoms with Crippen molar-refractivity contribution in [2.24, 2.45) is 0 Å². The molecular formula is C13H18N6O2. The van der Waals surface area contributed by atoms with Gasteiger partial charge < -0.3 is 5.32 Å². The normalized spacial score (nSPS) is 10.6. The van der Waals surface area contributed by atoms with Crippen LogP contribution < -0.4 is 5.32 Å². The molecule has 0 radical (unpaired) electrons. The van der Waals surface area contributed by atoms with E-state index in [2.05, 4.69) is 20.4 Å². The van der Waals surface area contributed by atoms with Gasteiger partial charge in [0, 0.05) is 19.3 Å². The van der Waals surface area contributed by atoms with Gasteiger partial charge in [-0.2, -0.15) is 5.10 Å². The summed E-state index contributed by atoms with van der Waals surface area (Å²) in [7, 11) is 0. The standard InChI is InChI=1S/C13H18N6O2/c1-4-8-18-10(6-7-15-18)11-12(19(20)21)9(3)16-13(17-11)14-5-2/h6-7H,4-5,8H2,1-3H3,(H,14,16,17). The Bertz CT molecular complexity index is 652. The van der Waals surface area contributed by atoms with Crippen molar-refractivity contribution in [1.82, 2.24) is 19.7 Å². The highest BCUT2D eigenvalue weighted by molar-refractivity contribution is 5.69. The van der Waals surface area contributed by atoms with Crippen molar-refractivity contribution in [3.63, 3.8) is 0 Å². The Kier molecular flexibility index (Phi) is 4.46. The van der Waals surface area contributed by atoms with Crippen LogP contribution in [0.25, 0.3) is 11.4 Å². The van der Waals surface area contributed by atoms with Crippen molar-refractivity contribution in [1.29, 1.82) is 0 Å². The summed E-state index contributed by atoms with van der Waals surface area (Å²) in [6.07, 6.45) is 2.51. The van der Waals surface area contributed by atoms with Crippen LogP contribution in [-0.2, 0) is 6.54 Å². The molecule has 0 amide bonds. The summed E-state index contributed by atoms with van der Waals surface area (Å²) in [5.74, 6) is 0.389. The summed E-state index contributed by atoms with van der Waals surface area (Å²) in [6.45, 7) is 6.88. The summed E-state index contributed by atoms with van der Waals surface area (Å²) >= 11 is 0. The number of aromatic nitrogens is 4. The van der Waals surface area contributed by atoms with E-state index in [9.17, 15) is 10.1 Å². The highest BCUT2D eigenvalue weighted by Crippen LogP contribution is 2.31. The lowest BCUT2D eigenvalue weighted by molar-refractivity contribution is -0.385. The molecule has 0 aliphatic heterocycles. The van der Waals surface area contributed by atoms with Gasteiger partial charge in [0.1, 0.15) is 5.69 Å². The van der Waals surface area contributed by atoms with Crippen molar-refractivity contribution in [2.45, 2.75) is 33.7 Å². The maximum absolute atomic E-state index is 11.4. The number of hydrogen-bond acceptors (Lipinski definition) is 6. The van der Waals surface area contributed by atoms with Gasteiger partial charge in [-0.15, -0.1) is 0 Å². The van der Waals surface area contributed by atoms with Crippen molar-refractivity contribution in [3.05, 3.63) is 28.1 Å². The zero-order valence-corrected chi connectivity index (χ0v) is 12.3. The third-order valence-corrected chi connectivity index (χ3v) is 2.97. The number of aryl methyl sites for hydroxylation is 2. The molecule has 21 heavy (non-hydrogen) atoms. The molecule has 0 unspecified atom stereocenters. The van der Waals surface area contributed by atoms with Crippen LogP contribution in [0.2, 0.25) is 0 Å². The van der Waals surface area contributed by atoms with Crippen LogP contribution in [0.15, 0.2) is 12.3 Å². The largest absolute Gasteiger partial charge is 0.354 e. The maximum atomic E-state index is 11.4. The van der Waals surface area contributed by atoms with E-state index in [0.29, 0.717) is 36.1 Å². The SMILES string of the molecule is CCCn1nccc1-c1nc(NCC)nc(C)c1[N+](=O)[O-]. The smallest absolute Gasteiger partial charge is 0.318 e. The van der Waals surface area contributed by atoms with Gasteiger partial charge in [0.25, 0.3) is 0 Å². The Hall–Kier alpha value is -2.51. The number of hydrogen-bond donors (Lipinski definition) is 1. The Labute approximate surface area is 122 Å². The Morgan fingerprint density at radius 2 is 2.14 bits per heavy atom. The molecule has 2 heterocycles. The van der Waals surface area contributed by atoms with E-state index >= 15 is 0 Å². The highest BCUT2D eigenvalue weighted by Gasteiger charge is 2.25. The highest BCUT2D eigenvalue weighted by atomic mass is 16.6. The molecule has 0 aliphatic rings. The predicted molar refractivity (Wildman–Crippen MR) is 79.1 cm³/mol. The van der Waals surface area contributed by atoms with Gasteiger partial charge in [-0.05, 0) is 26.3 Å². The van der Waals surface area contributed by atoms with Crippen LogP contribution in [0.3, 0.4) is 0 Å². The third kappa shape index (κ3) is 2.99. The summed E-state index contributed by atoms with van der Waals surface area (Å²) in [4.78, 5) is 19.4. The van der Waals surface area contributed by atoms with Gasteiger partial charge in [-0.3, -0.25) is 14.8 Å². The number of anilines is 1. The summed E-state index contributed by atoms with van der Waals surface area (Å²) < 4.78 is 1.73. The topological polar surface area (TPSA) is 98.8 Å². The summed E-state index contributed by atoms with van der Waals surface area (Å²) in [5.41, 5.74) is 1.20. The van der Waals surface area contributed by atoms with E-state index in [1.54, 1.807) is 23.9 Å². The Morgan fingerprint density at radius 1 is 1.38 bits per heavy atom. The zero-order chi connectivity index (χ0) is 15.4. The second-order valence-electron chi connectivity index (χ2n) is 4.56. The number of nitrogens with zero attached hydrogens (tertiary/aromatic N) is 5. The maximum Gasteiger partial charge on any atom is 0.318 e. The average molecular weight is 290 g/mol. The number of nitro groups is 1. The van der Waals surface area contributed by atoms with Gasteiger partial charge in [0.15, 0.2) is 5.69 Å². The first-order chi connectivity index (χ1) is 10.1. The molecule has 2 aromatic rings. The van der Waals surface area contributed by atoms with E-state index in [1.807, 2.05) is 13.8 Å². The predicted octanol–water partition coefficient (Wildman–Crippen LogP) is 2.40. The number of rotatable bonds is 6. The molecule has 0 saturated carbocycles. The van der Waals surface area contributed by atoms with E-state index in [1.165, 1.54) is 0 Å². The van der Waals surface area contributed by atoms with Gasteiger partial charge in [-0.1, -0.05) is 6.92 Å². The van der Waals surface area contributed by atoms with Crippen LogP contribution in [0.1, 0.15) is 26.0 Å². The molecule has 112 valence electrons. The van der Waals surface area contributed by atoms with Crippen LogP contribution in [0.5, 0.6) is 0 Å². The van der Waals surface area contributed by atoms with E-state index in [0.717, 1.165) is 6.42 Å². The zero-order valence-electron chi connectivity index (χ0n) is 12.3. The van der Waals surface area contributed by atoms with E-state index in [4.69, 9.17) is 0 Å². The first kappa shape index (κ1) is 14.9. The van der Waals surface area contributed by atoms with Crippen LogP contribution >= 0.6 is 0 Å². The monoisotopic (exact) mass is 290 g/mol. The Balaban J connectivity index is 2.63. The average Bonchev–Trinajstić information content (AvgIpc) is 2.86. The molecular weight excluding hydrogens is 272 g/mol. The fourth-order valence-electron chi connectivity index (χ4n) is 2.13. The van der Waals surface area contributed by atoms with E-state index in [-0.39, 0.29) is 5.69 Å². The lowest BCUT2D eigenvalue weighted by Gasteiger charge is -2.10. The molecule has 0 aliphatic carbocycles. The summed E-state index contributed by atoms with van der Waals surface area (Å²) in [5, 5.41) is 18.5.